The topological polar surface area (TPSA) is 36.4 Å². The first kappa shape index (κ1) is 11.7. The van der Waals surface area contributed by atoms with E-state index in [-0.39, 0.29) is 6.61 Å². The number of pyridine rings is 1. The van der Waals surface area contributed by atoms with Gasteiger partial charge >= 0.3 is 0 Å². The van der Waals surface area contributed by atoms with E-state index in [0.717, 1.165) is 30.0 Å². The van der Waals surface area contributed by atoms with Crippen molar-refractivity contribution in [2.24, 2.45) is 0 Å². The van der Waals surface area contributed by atoms with Gasteiger partial charge in [0.2, 0.25) is 0 Å². The van der Waals surface area contributed by atoms with Crippen LogP contribution in [0.3, 0.4) is 0 Å². The number of aliphatic hydroxyl groups is 1. The lowest BCUT2D eigenvalue weighted by molar-refractivity contribution is 0.281. The third-order valence-corrected chi connectivity index (χ3v) is 2.34. The van der Waals surface area contributed by atoms with E-state index in [0.29, 0.717) is 0 Å². The molecule has 0 fully saturated rings. The Labute approximate surface area is 91.1 Å². The average molecular weight is 206 g/mol. The molecule has 0 aromatic carbocycles. The van der Waals surface area contributed by atoms with Gasteiger partial charge in [0.1, 0.15) is 0 Å². The molecule has 0 atom stereocenters. The Kier molecular flexibility index (Phi) is 4.31. The summed E-state index contributed by atoms with van der Waals surface area (Å²) in [6, 6.07) is 2.00. The second kappa shape index (κ2) is 5.51. The minimum absolute atomic E-state index is 0.0241. The van der Waals surface area contributed by atoms with Gasteiger partial charge in [-0.2, -0.15) is 0 Å². The Morgan fingerprint density at radius 2 is 2.33 bits per heavy atom. The number of hydrogen-bond donors (Lipinski definition) is 1. The smallest absolute Gasteiger partial charge is 0.0717 e. The largest absolute Gasteiger partial charge is 0.392 e. The van der Waals surface area contributed by atoms with Crippen LogP contribution in [-0.2, 0) is 6.61 Å². The predicted octanol–water partition coefficient (Wildman–Crippen LogP) is 1.89. The summed E-state index contributed by atoms with van der Waals surface area (Å²) in [5.74, 6) is 0. The molecule has 1 heterocycles. The van der Waals surface area contributed by atoms with Crippen LogP contribution in [0.1, 0.15) is 18.2 Å². The Balaban J connectivity index is 3.07. The number of hydrogen-bond acceptors (Lipinski definition) is 3. The number of rotatable bonds is 5. The van der Waals surface area contributed by atoms with Crippen LogP contribution in [-0.4, -0.2) is 23.2 Å². The molecule has 0 spiro atoms. The number of aliphatic hydroxyl groups excluding tert-OH is 1. The van der Waals surface area contributed by atoms with Gasteiger partial charge in [-0.1, -0.05) is 6.08 Å². The highest BCUT2D eigenvalue weighted by Gasteiger charge is 2.08. The van der Waals surface area contributed by atoms with Crippen LogP contribution in [0.4, 0.5) is 5.69 Å². The molecule has 0 aliphatic heterocycles. The van der Waals surface area contributed by atoms with Gasteiger partial charge in [-0.25, -0.2) is 0 Å². The lowest BCUT2D eigenvalue weighted by Gasteiger charge is -2.23. The van der Waals surface area contributed by atoms with Gasteiger partial charge in [0.25, 0.3) is 0 Å². The summed E-state index contributed by atoms with van der Waals surface area (Å²) < 4.78 is 0. The first-order chi connectivity index (χ1) is 7.22. The molecule has 15 heavy (non-hydrogen) atoms. The molecule has 3 nitrogen and oxygen atoms in total. The van der Waals surface area contributed by atoms with Crippen LogP contribution in [0.25, 0.3) is 0 Å². The molecule has 0 saturated heterocycles. The van der Waals surface area contributed by atoms with Crippen molar-refractivity contribution < 1.29 is 5.11 Å². The molecule has 82 valence electrons. The molecule has 1 aromatic heterocycles. The molecule has 0 aliphatic carbocycles. The molecular weight excluding hydrogens is 188 g/mol. The second-order valence-electron chi connectivity index (χ2n) is 3.44. The van der Waals surface area contributed by atoms with E-state index in [4.69, 9.17) is 0 Å². The summed E-state index contributed by atoms with van der Waals surface area (Å²) in [6.45, 7) is 9.47. The van der Waals surface area contributed by atoms with Gasteiger partial charge < -0.3 is 10.0 Å². The number of nitrogens with zero attached hydrogens (tertiary/aromatic N) is 2. The molecule has 0 amide bonds. The zero-order valence-corrected chi connectivity index (χ0v) is 9.40. The predicted molar refractivity (Wildman–Crippen MR) is 63.0 cm³/mol. The number of aryl methyl sites for hydroxylation is 1. The molecule has 1 rings (SSSR count). The van der Waals surface area contributed by atoms with E-state index in [9.17, 15) is 5.11 Å². The third kappa shape index (κ3) is 2.80. The van der Waals surface area contributed by atoms with Crippen molar-refractivity contribution in [3.8, 4) is 0 Å². The van der Waals surface area contributed by atoms with Crippen molar-refractivity contribution in [1.29, 1.82) is 0 Å². The van der Waals surface area contributed by atoms with E-state index in [1.54, 1.807) is 6.20 Å². The lowest BCUT2D eigenvalue weighted by Crippen LogP contribution is -2.24. The fraction of sp³-hybridized carbons (Fsp3) is 0.417. The molecule has 1 aromatic rings. The normalized spacial score (nSPS) is 10.1. The van der Waals surface area contributed by atoms with Gasteiger partial charge in [0.15, 0.2) is 0 Å². The van der Waals surface area contributed by atoms with Crippen molar-refractivity contribution >= 4 is 5.69 Å². The molecule has 1 N–H and O–H groups in total. The standard InChI is InChI=1S/C12H18N2O/c1-4-6-14(5-2)12-7-10(3)13-8-11(12)9-15/h4,7-8,15H,1,5-6,9H2,2-3H3. The minimum atomic E-state index is 0.0241. The second-order valence-corrected chi connectivity index (χ2v) is 3.44. The van der Waals surface area contributed by atoms with Crippen LogP contribution in [0.2, 0.25) is 0 Å². The maximum atomic E-state index is 9.23. The maximum absolute atomic E-state index is 9.23. The van der Waals surface area contributed by atoms with Gasteiger partial charge in [-0.05, 0) is 19.9 Å². The van der Waals surface area contributed by atoms with Gasteiger partial charge in [-0.15, -0.1) is 6.58 Å². The fourth-order valence-electron chi connectivity index (χ4n) is 1.54. The molecule has 0 bridgehead atoms. The maximum Gasteiger partial charge on any atom is 0.0717 e. The molecule has 0 unspecified atom stereocenters. The Morgan fingerprint density at radius 3 is 2.87 bits per heavy atom. The van der Waals surface area contributed by atoms with E-state index >= 15 is 0 Å². The van der Waals surface area contributed by atoms with Crippen molar-refractivity contribution in [2.75, 3.05) is 18.0 Å². The van der Waals surface area contributed by atoms with Crippen LogP contribution in [0.15, 0.2) is 24.9 Å². The Hall–Kier alpha value is -1.35. The molecule has 0 radical (unpaired) electrons. The van der Waals surface area contributed by atoms with Crippen LogP contribution in [0.5, 0.6) is 0 Å². The third-order valence-electron chi connectivity index (χ3n) is 2.34. The summed E-state index contributed by atoms with van der Waals surface area (Å²) >= 11 is 0. The summed E-state index contributed by atoms with van der Waals surface area (Å²) in [6.07, 6.45) is 3.59. The lowest BCUT2D eigenvalue weighted by atomic mass is 10.2. The van der Waals surface area contributed by atoms with Gasteiger partial charge in [0, 0.05) is 36.2 Å². The number of aromatic nitrogens is 1. The Bertz CT molecular complexity index is 336. The van der Waals surface area contributed by atoms with Crippen molar-refractivity contribution in [2.45, 2.75) is 20.5 Å². The average Bonchev–Trinajstić information content (AvgIpc) is 2.26. The van der Waals surface area contributed by atoms with Gasteiger partial charge in [0.05, 0.1) is 6.61 Å². The molecular formula is C12H18N2O. The molecule has 3 heteroatoms. The van der Waals surface area contributed by atoms with E-state index in [1.807, 2.05) is 19.1 Å². The van der Waals surface area contributed by atoms with E-state index < -0.39 is 0 Å². The zero-order chi connectivity index (χ0) is 11.3. The van der Waals surface area contributed by atoms with Gasteiger partial charge in [-0.3, -0.25) is 4.98 Å². The number of anilines is 1. The fourth-order valence-corrected chi connectivity index (χ4v) is 1.54. The first-order valence-electron chi connectivity index (χ1n) is 5.15. The SMILES string of the molecule is C=CCN(CC)c1cc(C)ncc1CO. The van der Waals surface area contributed by atoms with Crippen molar-refractivity contribution in [1.82, 2.24) is 4.98 Å². The minimum Gasteiger partial charge on any atom is -0.392 e. The van der Waals surface area contributed by atoms with E-state index in [1.165, 1.54) is 0 Å². The highest BCUT2D eigenvalue weighted by atomic mass is 16.3. The monoisotopic (exact) mass is 206 g/mol. The van der Waals surface area contributed by atoms with Crippen molar-refractivity contribution in [3.05, 3.63) is 36.2 Å². The highest BCUT2D eigenvalue weighted by Crippen LogP contribution is 2.20. The summed E-state index contributed by atoms with van der Waals surface area (Å²) in [5.41, 5.74) is 2.88. The number of likely N-dealkylation sites (N-methyl/N-ethyl adjacent to an activating group) is 1. The first-order valence-corrected chi connectivity index (χ1v) is 5.15. The highest BCUT2D eigenvalue weighted by molar-refractivity contribution is 5.53. The summed E-state index contributed by atoms with van der Waals surface area (Å²) in [4.78, 5) is 6.33. The van der Waals surface area contributed by atoms with Crippen LogP contribution >= 0.6 is 0 Å². The quantitative estimate of drug-likeness (QED) is 0.747. The van der Waals surface area contributed by atoms with Crippen molar-refractivity contribution in [3.63, 3.8) is 0 Å². The Morgan fingerprint density at radius 1 is 1.60 bits per heavy atom. The van der Waals surface area contributed by atoms with E-state index in [2.05, 4.69) is 23.4 Å². The molecule has 0 saturated carbocycles. The summed E-state index contributed by atoms with van der Waals surface area (Å²) in [7, 11) is 0. The molecule has 0 aliphatic rings. The zero-order valence-electron chi connectivity index (χ0n) is 9.40. The van der Waals surface area contributed by atoms with Crippen LogP contribution in [0, 0.1) is 6.92 Å². The van der Waals surface area contributed by atoms with Crippen LogP contribution < -0.4 is 4.90 Å². The summed E-state index contributed by atoms with van der Waals surface area (Å²) in [5, 5.41) is 9.23.